The van der Waals surface area contributed by atoms with Gasteiger partial charge in [0.2, 0.25) is 11.8 Å². The highest BCUT2D eigenvalue weighted by atomic mass is 16.5. The summed E-state index contributed by atoms with van der Waals surface area (Å²) in [6.07, 6.45) is 4.80. The molecular weight excluding hydrogens is 232 g/mol. The third-order valence-electron chi connectivity index (χ3n) is 3.16. The molecule has 0 radical (unpaired) electrons. The number of carbonyl (C=O) groups is 2. The molecule has 2 amide bonds. The van der Waals surface area contributed by atoms with Crippen LogP contribution in [0.2, 0.25) is 0 Å². The topological polar surface area (TPSA) is 67.4 Å². The summed E-state index contributed by atoms with van der Waals surface area (Å²) in [5.41, 5.74) is 0. The van der Waals surface area contributed by atoms with E-state index in [0.717, 1.165) is 12.8 Å². The molecule has 2 atom stereocenters. The molecule has 2 N–H and O–H groups in total. The molecule has 0 heterocycles. The summed E-state index contributed by atoms with van der Waals surface area (Å²) in [5, 5.41) is 5.33. The second kappa shape index (κ2) is 8.08. The van der Waals surface area contributed by atoms with Crippen molar-refractivity contribution in [2.45, 2.75) is 45.6 Å². The molecule has 0 bridgehead atoms. The highest BCUT2D eigenvalue weighted by Gasteiger charge is 2.19. The normalized spacial score (nSPS) is 23.4. The molecule has 5 heteroatoms. The maximum atomic E-state index is 11.5. The Bertz CT molecular complexity index is 281. The molecule has 0 aliphatic heterocycles. The Morgan fingerprint density at radius 1 is 1.22 bits per heavy atom. The summed E-state index contributed by atoms with van der Waals surface area (Å²) in [6, 6.07) is 0. The summed E-state index contributed by atoms with van der Waals surface area (Å²) in [4.78, 5) is 22.1. The largest absolute Gasteiger partial charge is 0.368 e. The molecule has 104 valence electrons. The van der Waals surface area contributed by atoms with Gasteiger partial charge in [-0.2, -0.15) is 0 Å². The van der Waals surface area contributed by atoms with Crippen molar-refractivity contribution in [3.8, 4) is 0 Å². The molecule has 0 saturated heterocycles. The molecule has 0 aromatic carbocycles. The minimum absolute atomic E-state index is 0.0864. The van der Waals surface area contributed by atoms with Gasteiger partial charge in [0, 0.05) is 20.0 Å². The van der Waals surface area contributed by atoms with Crippen molar-refractivity contribution in [1.29, 1.82) is 0 Å². The molecule has 5 nitrogen and oxygen atoms in total. The van der Waals surface area contributed by atoms with Crippen LogP contribution in [0.4, 0.5) is 0 Å². The lowest BCUT2D eigenvalue weighted by Crippen LogP contribution is -2.36. The first-order valence-electron chi connectivity index (χ1n) is 6.70. The quantitative estimate of drug-likeness (QED) is 0.692. The van der Waals surface area contributed by atoms with Crippen LogP contribution in [0.1, 0.15) is 39.5 Å². The fourth-order valence-corrected chi connectivity index (χ4v) is 2.21. The summed E-state index contributed by atoms with van der Waals surface area (Å²) < 4.78 is 5.59. The van der Waals surface area contributed by atoms with Crippen molar-refractivity contribution in [3.05, 3.63) is 0 Å². The van der Waals surface area contributed by atoms with E-state index in [1.807, 2.05) is 0 Å². The number of ether oxygens (including phenoxy) is 1. The summed E-state index contributed by atoms with van der Waals surface area (Å²) in [7, 11) is 0. The molecule has 0 spiro atoms. The van der Waals surface area contributed by atoms with E-state index in [1.54, 1.807) is 0 Å². The number of amides is 2. The van der Waals surface area contributed by atoms with E-state index < -0.39 is 0 Å². The fraction of sp³-hybridized carbons (Fsp3) is 0.846. The van der Waals surface area contributed by atoms with Gasteiger partial charge in [0.15, 0.2) is 0 Å². The predicted octanol–water partition coefficient (Wildman–Crippen LogP) is 0.834. The van der Waals surface area contributed by atoms with Crippen LogP contribution in [0.25, 0.3) is 0 Å². The Balaban J connectivity index is 2.04. The van der Waals surface area contributed by atoms with Gasteiger partial charge in [-0.05, 0) is 18.8 Å². The van der Waals surface area contributed by atoms with Crippen LogP contribution >= 0.6 is 0 Å². The first-order valence-corrected chi connectivity index (χ1v) is 6.70. The third kappa shape index (κ3) is 6.59. The Labute approximate surface area is 109 Å². The zero-order chi connectivity index (χ0) is 13.4. The standard InChI is InChI=1S/C13H24N2O3/c1-10-4-3-5-12(8-10)18-9-13(17)15-7-6-14-11(2)16/h10,12H,3-9H2,1-2H3,(H,14,16)(H,15,17). The Hall–Kier alpha value is -1.10. The smallest absolute Gasteiger partial charge is 0.246 e. The van der Waals surface area contributed by atoms with Crippen LogP contribution in [-0.4, -0.2) is 37.6 Å². The summed E-state index contributed by atoms with van der Waals surface area (Å²) in [5.74, 6) is 0.502. The molecule has 2 unspecified atom stereocenters. The number of carbonyl (C=O) groups excluding carboxylic acids is 2. The van der Waals surface area contributed by atoms with Crippen LogP contribution < -0.4 is 10.6 Å². The second-order valence-corrected chi connectivity index (χ2v) is 5.04. The van der Waals surface area contributed by atoms with E-state index in [0.29, 0.717) is 19.0 Å². The number of rotatable bonds is 6. The average molecular weight is 256 g/mol. The Kier molecular flexibility index (Phi) is 6.72. The third-order valence-corrected chi connectivity index (χ3v) is 3.16. The highest BCUT2D eigenvalue weighted by molar-refractivity contribution is 5.77. The van der Waals surface area contributed by atoms with E-state index in [9.17, 15) is 9.59 Å². The van der Waals surface area contributed by atoms with E-state index in [2.05, 4.69) is 17.6 Å². The lowest BCUT2D eigenvalue weighted by molar-refractivity contribution is -0.128. The van der Waals surface area contributed by atoms with Crippen molar-refractivity contribution >= 4 is 11.8 Å². The van der Waals surface area contributed by atoms with Gasteiger partial charge in [0.1, 0.15) is 6.61 Å². The van der Waals surface area contributed by atoms with Gasteiger partial charge >= 0.3 is 0 Å². The molecule has 0 aromatic heterocycles. The van der Waals surface area contributed by atoms with Crippen LogP contribution in [-0.2, 0) is 14.3 Å². The molecule has 18 heavy (non-hydrogen) atoms. The molecular formula is C13H24N2O3. The van der Waals surface area contributed by atoms with Crippen LogP contribution in [0.15, 0.2) is 0 Å². The number of hydrogen-bond acceptors (Lipinski definition) is 3. The Morgan fingerprint density at radius 3 is 2.61 bits per heavy atom. The van der Waals surface area contributed by atoms with Gasteiger partial charge in [-0.15, -0.1) is 0 Å². The number of hydrogen-bond donors (Lipinski definition) is 2. The first-order chi connectivity index (χ1) is 8.58. The minimum atomic E-state index is -0.112. The van der Waals surface area contributed by atoms with Gasteiger partial charge in [0.05, 0.1) is 6.10 Å². The van der Waals surface area contributed by atoms with Crippen molar-refractivity contribution < 1.29 is 14.3 Å². The van der Waals surface area contributed by atoms with Gasteiger partial charge in [-0.1, -0.05) is 19.8 Å². The molecule has 1 rings (SSSR count). The van der Waals surface area contributed by atoms with Crippen LogP contribution in [0.3, 0.4) is 0 Å². The fourth-order valence-electron chi connectivity index (χ4n) is 2.21. The zero-order valence-corrected chi connectivity index (χ0v) is 11.3. The lowest BCUT2D eigenvalue weighted by Gasteiger charge is -2.26. The molecule has 1 aliphatic rings. The van der Waals surface area contributed by atoms with E-state index >= 15 is 0 Å². The van der Waals surface area contributed by atoms with E-state index in [-0.39, 0.29) is 24.5 Å². The maximum absolute atomic E-state index is 11.5. The average Bonchev–Trinajstić information content (AvgIpc) is 2.32. The van der Waals surface area contributed by atoms with Crippen LogP contribution in [0.5, 0.6) is 0 Å². The summed E-state index contributed by atoms with van der Waals surface area (Å²) in [6.45, 7) is 4.71. The number of nitrogens with one attached hydrogen (secondary N) is 2. The van der Waals surface area contributed by atoms with Crippen molar-refractivity contribution in [3.63, 3.8) is 0 Å². The van der Waals surface area contributed by atoms with E-state index in [4.69, 9.17) is 4.74 Å². The zero-order valence-electron chi connectivity index (χ0n) is 11.3. The van der Waals surface area contributed by atoms with Gasteiger partial charge in [-0.25, -0.2) is 0 Å². The summed E-state index contributed by atoms with van der Waals surface area (Å²) >= 11 is 0. The monoisotopic (exact) mass is 256 g/mol. The van der Waals surface area contributed by atoms with Gasteiger partial charge in [-0.3, -0.25) is 9.59 Å². The second-order valence-electron chi connectivity index (χ2n) is 5.04. The SMILES string of the molecule is CC(=O)NCCNC(=O)COC1CCCC(C)C1. The van der Waals surface area contributed by atoms with Crippen LogP contribution in [0, 0.1) is 5.92 Å². The van der Waals surface area contributed by atoms with Crippen molar-refractivity contribution in [1.82, 2.24) is 10.6 Å². The maximum Gasteiger partial charge on any atom is 0.246 e. The Morgan fingerprint density at radius 2 is 1.94 bits per heavy atom. The van der Waals surface area contributed by atoms with Crippen molar-refractivity contribution in [2.24, 2.45) is 5.92 Å². The highest BCUT2D eigenvalue weighted by Crippen LogP contribution is 2.25. The van der Waals surface area contributed by atoms with Gasteiger partial charge in [0.25, 0.3) is 0 Å². The molecule has 1 saturated carbocycles. The van der Waals surface area contributed by atoms with E-state index in [1.165, 1.54) is 19.8 Å². The molecule has 1 aliphatic carbocycles. The lowest BCUT2D eigenvalue weighted by atomic mass is 9.89. The first kappa shape index (κ1) is 15.0. The van der Waals surface area contributed by atoms with Crippen molar-refractivity contribution in [2.75, 3.05) is 19.7 Å². The predicted molar refractivity (Wildman–Crippen MR) is 69.1 cm³/mol. The van der Waals surface area contributed by atoms with Gasteiger partial charge < -0.3 is 15.4 Å². The molecule has 1 fully saturated rings. The minimum Gasteiger partial charge on any atom is -0.368 e. The molecule has 0 aromatic rings.